The Labute approximate surface area is 80.9 Å². The number of fused-ring (bicyclic) bond motifs is 1. The van der Waals surface area contributed by atoms with Gasteiger partial charge in [0.05, 0.1) is 19.1 Å². The van der Waals surface area contributed by atoms with Crippen molar-refractivity contribution in [1.82, 2.24) is 0 Å². The average Bonchev–Trinajstić information content (AvgIpc) is 2.55. The Bertz CT molecular complexity index is 412. The summed E-state index contributed by atoms with van der Waals surface area (Å²) in [6.45, 7) is 0. The molecule has 4 nitrogen and oxygen atoms in total. The minimum Gasteiger partial charge on any atom is -0.465 e. The van der Waals surface area contributed by atoms with Crippen molar-refractivity contribution in [3.8, 4) is 0 Å². The number of nitrogens with one attached hydrogen (secondary N) is 1. The molecule has 0 saturated heterocycles. The highest BCUT2D eigenvalue weighted by Gasteiger charge is 2.18. The molecule has 1 aliphatic rings. The Kier molecular flexibility index (Phi) is 1.96. The Balaban J connectivity index is 2.37. The molecule has 0 unspecified atom stereocenters. The molecule has 0 radical (unpaired) electrons. The summed E-state index contributed by atoms with van der Waals surface area (Å²) >= 11 is 0. The van der Waals surface area contributed by atoms with E-state index in [0.29, 0.717) is 17.7 Å². The monoisotopic (exact) mass is 191 g/mol. The normalized spacial score (nSPS) is 13.4. The van der Waals surface area contributed by atoms with Crippen LogP contribution in [0.2, 0.25) is 0 Å². The Morgan fingerprint density at radius 1 is 1.50 bits per heavy atom. The van der Waals surface area contributed by atoms with Crippen molar-refractivity contribution in [3.63, 3.8) is 0 Å². The molecule has 0 spiro atoms. The largest absolute Gasteiger partial charge is 0.465 e. The fourth-order valence-electron chi connectivity index (χ4n) is 1.46. The lowest BCUT2D eigenvalue weighted by molar-refractivity contribution is -0.115. The van der Waals surface area contributed by atoms with Gasteiger partial charge in [0.2, 0.25) is 5.91 Å². The fourth-order valence-corrected chi connectivity index (χ4v) is 1.46. The second-order valence-electron chi connectivity index (χ2n) is 3.09. The molecule has 0 bridgehead atoms. The van der Waals surface area contributed by atoms with E-state index in [9.17, 15) is 9.59 Å². The number of rotatable bonds is 1. The summed E-state index contributed by atoms with van der Waals surface area (Å²) in [5, 5.41) is 2.67. The van der Waals surface area contributed by atoms with E-state index in [1.807, 2.05) is 0 Å². The first-order chi connectivity index (χ1) is 6.70. The van der Waals surface area contributed by atoms with Crippen LogP contribution in [0, 0.1) is 0 Å². The highest BCUT2D eigenvalue weighted by molar-refractivity contribution is 6.01. The number of benzene rings is 1. The molecule has 1 aromatic rings. The van der Waals surface area contributed by atoms with Gasteiger partial charge in [0.15, 0.2) is 0 Å². The number of hydrogen-bond donors (Lipinski definition) is 1. The van der Waals surface area contributed by atoms with Gasteiger partial charge in [-0.25, -0.2) is 4.79 Å². The SMILES string of the molecule is COC(=O)c1ccc2c(c1)NC(=O)C2. The van der Waals surface area contributed by atoms with Crippen molar-refractivity contribution in [3.05, 3.63) is 29.3 Å². The molecule has 1 N–H and O–H groups in total. The van der Waals surface area contributed by atoms with Crippen molar-refractivity contribution >= 4 is 17.6 Å². The van der Waals surface area contributed by atoms with E-state index in [1.165, 1.54) is 7.11 Å². The Hall–Kier alpha value is -1.84. The predicted octanol–water partition coefficient (Wildman–Crippen LogP) is 0.968. The van der Waals surface area contributed by atoms with Crippen LogP contribution in [0.5, 0.6) is 0 Å². The van der Waals surface area contributed by atoms with Gasteiger partial charge in [0.1, 0.15) is 0 Å². The summed E-state index contributed by atoms with van der Waals surface area (Å²) < 4.78 is 4.57. The van der Waals surface area contributed by atoms with Crippen molar-refractivity contribution in [2.45, 2.75) is 6.42 Å². The summed E-state index contributed by atoms with van der Waals surface area (Å²) in [6.07, 6.45) is 0.386. The molecule has 2 rings (SSSR count). The minimum absolute atomic E-state index is 0.0398. The maximum Gasteiger partial charge on any atom is 0.337 e. The topological polar surface area (TPSA) is 55.4 Å². The number of ether oxygens (including phenoxy) is 1. The summed E-state index contributed by atoms with van der Waals surface area (Å²) in [4.78, 5) is 22.2. The Morgan fingerprint density at radius 3 is 3.00 bits per heavy atom. The Morgan fingerprint density at radius 2 is 2.29 bits per heavy atom. The van der Waals surface area contributed by atoms with Gasteiger partial charge in [-0.05, 0) is 17.7 Å². The number of amides is 1. The third kappa shape index (κ3) is 1.35. The highest BCUT2D eigenvalue weighted by Crippen LogP contribution is 2.24. The molecular weight excluding hydrogens is 182 g/mol. The zero-order valence-electron chi connectivity index (χ0n) is 7.66. The lowest BCUT2D eigenvalue weighted by atomic mass is 10.1. The minimum atomic E-state index is -0.394. The van der Waals surface area contributed by atoms with Crippen LogP contribution in [0.15, 0.2) is 18.2 Å². The molecule has 14 heavy (non-hydrogen) atoms. The van der Waals surface area contributed by atoms with Crippen LogP contribution >= 0.6 is 0 Å². The molecule has 72 valence electrons. The van der Waals surface area contributed by atoms with Crippen molar-refractivity contribution in [2.24, 2.45) is 0 Å². The van der Waals surface area contributed by atoms with Crippen molar-refractivity contribution < 1.29 is 14.3 Å². The first-order valence-electron chi connectivity index (χ1n) is 4.22. The third-order valence-corrected chi connectivity index (χ3v) is 2.16. The summed E-state index contributed by atoms with van der Waals surface area (Å²) in [6, 6.07) is 5.05. The van der Waals surface area contributed by atoms with Gasteiger partial charge in [-0.1, -0.05) is 6.07 Å². The number of carbonyl (C=O) groups excluding carboxylic acids is 2. The van der Waals surface area contributed by atoms with E-state index in [1.54, 1.807) is 18.2 Å². The molecule has 0 saturated carbocycles. The van der Waals surface area contributed by atoms with Crippen molar-refractivity contribution in [2.75, 3.05) is 12.4 Å². The smallest absolute Gasteiger partial charge is 0.337 e. The van der Waals surface area contributed by atoms with E-state index in [0.717, 1.165) is 5.56 Å². The molecule has 1 aliphatic heterocycles. The van der Waals surface area contributed by atoms with E-state index >= 15 is 0 Å². The maximum atomic E-state index is 11.2. The van der Waals surface area contributed by atoms with Gasteiger partial charge in [0, 0.05) is 5.69 Å². The maximum absolute atomic E-state index is 11.2. The molecule has 0 aliphatic carbocycles. The number of methoxy groups -OCH3 is 1. The standard InChI is InChI=1S/C10H9NO3/c1-14-10(13)7-3-2-6-5-9(12)11-8(6)4-7/h2-4H,5H2,1H3,(H,11,12). The van der Waals surface area contributed by atoms with E-state index in [-0.39, 0.29) is 5.91 Å². The van der Waals surface area contributed by atoms with Crippen LogP contribution in [-0.4, -0.2) is 19.0 Å². The first-order valence-corrected chi connectivity index (χ1v) is 4.22. The molecule has 1 aromatic carbocycles. The zero-order chi connectivity index (χ0) is 10.1. The van der Waals surface area contributed by atoms with Crippen LogP contribution in [-0.2, 0) is 16.0 Å². The fraction of sp³-hybridized carbons (Fsp3) is 0.200. The molecule has 0 aromatic heterocycles. The number of anilines is 1. The first kappa shape index (κ1) is 8.74. The van der Waals surface area contributed by atoms with E-state index in [4.69, 9.17) is 0 Å². The van der Waals surface area contributed by atoms with Crippen LogP contribution < -0.4 is 5.32 Å². The lowest BCUT2D eigenvalue weighted by Gasteiger charge is -2.01. The van der Waals surface area contributed by atoms with Crippen LogP contribution in [0.1, 0.15) is 15.9 Å². The van der Waals surface area contributed by atoms with E-state index in [2.05, 4.69) is 10.1 Å². The quantitative estimate of drug-likeness (QED) is 0.673. The van der Waals surface area contributed by atoms with Gasteiger partial charge < -0.3 is 10.1 Å². The second kappa shape index (κ2) is 3.14. The highest BCUT2D eigenvalue weighted by atomic mass is 16.5. The predicted molar refractivity (Wildman–Crippen MR) is 50.1 cm³/mol. The summed E-state index contributed by atoms with van der Waals surface area (Å²) in [7, 11) is 1.33. The summed E-state index contributed by atoms with van der Waals surface area (Å²) in [5.41, 5.74) is 2.08. The number of hydrogen-bond acceptors (Lipinski definition) is 3. The van der Waals surface area contributed by atoms with Gasteiger partial charge >= 0.3 is 5.97 Å². The summed E-state index contributed by atoms with van der Waals surface area (Å²) in [5.74, 6) is -0.434. The van der Waals surface area contributed by atoms with Gasteiger partial charge in [-0.2, -0.15) is 0 Å². The van der Waals surface area contributed by atoms with Gasteiger partial charge in [-0.3, -0.25) is 4.79 Å². The van der Waals surface area contributed by atoms with Gasteiger partial charge in [0.25, 0.3) is 0 Å². The van der Waals surface area contributed by atoms with Crippen LogP contribution in [0.25, 0.3) is 0 Å². The van der Waals surface area contributed by atoms with Crippen molar-refractivity contribution in [1.29, 1.82) is 0 Å². The molecule has 4 heteroatoms. The van der Waals surface area contributed by atoms with Gasteiger partial charge in [-0.15, -0.1) is 0 Å². The molecular formula is C10H9NO3. The third-order valence-electron chi connectivity index (χ3n) is 2.16. The number of carbonyl (C=O) groups is 2. The molecule has 0 fully saturated rings. The van der Waals surface area contributed by atoms with Crippen LogP contribution in [0.4, 0.5) is 5.69 Å². The second-order valence-corrected chi connectivity index (χ2v) is 3.09. The zero-order valence-corrected chi connectivity index (χ0v) is 7.66. The average molecular weight is 191 g/mol. The lowest BCUT2D eigenvalue weighted by Crippen LogP contribution is -2.04. The molecule has 1 amide bonds. The number of esters is 1. The van der Waals surface area contributed by atoms with Crippen LogP contribution in [0.3, 0.4) is 0 Å². The molecule has 0 atom stereocenters. The van der Waals surface area contributed by atoms with E-state index < -0.39 is 5.97 Å². The molecule has 1 heterocycles.